The second kappa shape index (κ2) is 5.22. The molecule has 2 unspecified atom stereocenters. The Morgan fingerprint density at radius 1 is 1.28 bits per heavy atom. The summed E-state index contributed by atoms with van der Waals surface area (Å²) in [5, 5.41) is -0.214. The highest BCUT2D eigenvalue weighted by atomic mass is 35.5. The molecule has 18 heavy (non-hydrogen) atoms. The van der Waals surface area contributed by atoms with E-state index < -0.39 is 11.6 Å². The average molecular weight is 287 g/mol. The van der Waals surface area contributed by atoms with Crippen molar-refractivity contribution in [3.8, 4) is 0 Å². The number of rotatable bonds is 2. The summed E-state index contributed by atoms with van der Waals surface area (Å²) in [6, 6.07) is 9.62. The van der Waals surface area contributed by atoms with Crippen molar-refractivity contribution in [1.29, 1.82) is 0 Å². The van der Waals surface area contributed by atoms with Crippen LogP contribution in [0, 0.1) is 5.41 Å². The molecule has 0 aliphatic heterocycles. The molecular weight excluding hydrogens is 270 g/mol. The van der Waals surface area contributed by atoms with E-state index in [1.54, 1.807) is 0 Å². The van der Waals surface area contributed by atoms with E-state index >= 15 is 0 Å². The van der Waals surface area contributed by atoms with Gasteiger partial charge >= 0.3 is 0 Å². The molecule has 2 atom stereocenters. The molecule has 0 bridgehead atoms. The first-order chi connectivity index (χ1) is 8.48. The minimum atomic E-state index is -1.08. The van der Waals surface area contributed by atoms with E-state index in [0.717, 1.165) is 16.7 Å². The van der Waals surface area contributed by atoms with Gasteiger partial charge in [-0.2, -0.15) is 0 Å². The zero-order valence-corrected chi connectivity index (χ0v) is 12.1. The molecule has 0 saturated heterocycles. The Labute approximate surface area is 118 Å². The van der Waals surface area contributed by atoms with E-state index in [1.165, 1.54) is 0 Å². The number of alkyl halides is 3. The molecule has 1 aromatic carbocycles. The van der Waals surface area contributed by atoms with Crippen LogP contribution in [-0.4, -0.2) is 17.4 Å². The van der Waals surface area contributed by atoms with Gasteiger partial charge in [-0.3, -0.25) is 0 Å². The Morgan fingerprint density at radius 2 is 1.89 bits per heavy atom. The van der Waals surface area contributed by atoms with Crippen molar-refractivity contribution in [3.63, 3.8) is 0 Å². The van der Waals surface area contributed by atoms with E-state index in [9.17, 15) is 4.39 Å². The molecule has 0 fully saturated rings. The second-order valence-corrected chi connectivity index (χ2v) is 6.17. The van der Waals surface area contributed by atoms with Gasteiger partial charge in [0.25, 0.3) is 0 Å². The maximum Gasteiger partial charge on any atom is 0.132 e. The standard InChI is InChI=1S/C15H17Cl2F/c1-15(2)12(17)8-11(9-16)13(14(15)18)10-6-4-3-5-7-10/h3-7,12,14H,8-9H2,1-2H3. The molecule has 98 valence electrons. The van der Waals surface area contributed by atoms with Crippen molar-refractivity contribution in [2.24, 2.45) is 5.41 Å². The van der Waals surface area contributed by atoms with Crippen molar-refractivity contribution < 1.29 is 4.39 Å². The van der Waals surface area contributed by atoms with Crippen LogP contribution in [0.25, 0.3) is 5.57 Å². The molecule has 0 heterocycles. The summed E-state index contributed by atoms with van der Waals surface area (Å²) < 4.78 is 14.8. The van der Waals surface area contributed by atoms with Gasteiger partial charge in [-0.1, -0.05) is 44.2 Å². The van der Waals surface area contributed by atoms with Gasteiger partial charge in [0.1, 0.15) is 6.17 Å². The summed E-state index contributed by atoms with van der Waals surface area (Å²) in [5.74, 6) is 0.337. The molecule has 2 rings (SSSR count). The number of halogens is 3. The number of allylic oxidation sites excluding steroid dienone is 2. The van der Waals surface area contributed by atoms with Gasteiger partial charge in [0.2, 0.25) is 0 Å². The summed E-state index contributed by atoms with van der Waals surface area (Å²) in [7, 11) is 0. The predicted molar refractivity (Wildman–Crippen MR) is 77.0 cm³/mol. The average Bonchev–Trinajstić information content (AvgIpc) is 2.37. The SMILES string of the molecule is CC1(C)C(Cl)CC(CCl)=C(c2ccccc2)C1F. The van der Waals surface area contributed by atoms with E-state index in [1.807, 2.05) is 44.2 Å². The first kappa shape index (κ1) is 13.9. The molecule has 0 N–H and O–H groups in total. The summed E-state index contributed by atoms with van der Waals surface area (Å²) >= 11 is 12.3. The van der Waals surface area contributed by atoms with Gasteiger partial charge < -0.3 is 0 Å². The van der Waals surface area contributed by atoms with E-state index in [0.29, 0.717) is 12.3 Å². The minimum Gasteiger partial charge on any atom is -0.242 e. The first-order valence-electron chi connectivity index (χ1n) is 6.10. The van der Waals surface area contributed by atoms with Crippen LogP contribution in [0.15, 0.2) is 35.9 Å². The largest absolute Gasteiger partial charge is 0.242 e. The van der Waals surface area contributed by atoms with Crippen molar-refractivity contribution in [2.75, 3.05) is 5.88 Å². The lowest BCUT2D eigenvalue weighted by Crippen LogP contribution is -2.40. The normalized spacial score (nSPS) is 27.4. The Hall–Kier alpha value is -0.530. The van der Waals surface area contributed by atoms with Crippen LogP contribution in [0.5, 0.6) is 0 Å². The van der Waals surface area contributed by atoms with Gasteiger partial charge in [0.05, 0.1) is 0 Å². The summed E-state index contributed by atoms with van der Waals surface area (Å²) in [4.78, 5) is 0. The monoisotopic (exact) mass is 286 g/mol. The smallest absolute Gasteiger partial charge is 0.132 e. The van der Waals surface area contributed by atoms with Crippen molar-refractivity contribution in [2.45, 2.75) is 31.8 Å². The molecular formula is C15H17Cl2F. The lowest BCUT2D eigenvalue weighted by molar-refractivity contribution is 0.177. The van der Waals surface area contributed by atoms with Crippen molar-refractivity contribution in [3.05, 3.63) is 41.5 Å². The summed E-state index contributed by atoms with van der Waals surface area (Å²) in [6.07, 6.45) is -0.423. The highest BCUT2D eigenvalue weighted by molar-refractivity contribution is 6.23. The molecule has 0 aromatic heterocycles. The predicted octanol–water partition coefficient (Wildman–Crippen LogP) is 5.05. The zero-order valence-electron chi connectivity index (χ0n) is 10.6. The third kappa shape index (κ3) is 2.31. The number of hydrogen-bond acceptors (Lipinski definition) is 0. The van der Waals surface area contributed by atoms with Gasteiger partial charge in [0.15, 0.2) is 0 Å². The lowest BCUT2D eigenvalue weighted by Gasteiger charge is -2.40. The third-order valence-electron chi connectivity index (χ3n) is 3.77. The highest BCUT2D eigenvalue weighted by Gasteiger charge is 2.44. The van der Waals surface area contributed by atoms with Crippen LogP contribution in [-0.2, 0) is 0 Å². The van der Waals surface area contributed by atoms with Crippen LogP contribution in [0.1, 0.15) is 25.8 Å². The highest BCUT2D eigenvalue weighted by Crippen LogP contribution is 2.47. The molecule has 0 radical (unpaired) electrons. The van der Waals surface area contributed by atoms with Gasteiger partial charge in [-0.15, -0.1) is 23.2 Å². The molecule has 1 aliphatic rings. The summed E-state index contributed by atoms with van der Waals surface area (Å²) in [5.41, 5.74) is 2.00. The zero-order chi connectivity index (χ0) is 13.3. The Morgan fingerprint density at radius 3 is 2.44 bits per heavy atom. The molecule has 1 aliphatic carbocycles. The minimum absolute atomic E-state index is 0.214. The third-order valence-corrected chi connectivity index (χ3v) is 4.81. The van der Waals surface area contributed by atoms with Crippen LogP contribution < -0.4 is 0 Å². The van der Waals surface area contributed by atoms with Gasteiger partial charge in [0, 0.05) is 16.7 Å². The quantitative estimate of drug-likeness (QED) is 0.667. The first-order valence-corrected chi connectivity index (χ1v) is 7.07. The fraction of sp³-hybridized carbons (Fsp3) is 0.467. The maximum absolute atomic E-state index is 14.8. The number of hydrogen-bond donors (Lipinski definition) is 0. The second-order valence-electron chi connectivity index (χ2n) is 5.37. The molecule has 0 saturated carbocycles. The van der Waals surface area contributed by atoms with Gasteiger partial charge in [-0.25, -0.2) is 4.39 Å². The van der Waals surface area contributed by atoms with Crippen molar-refractivity contribution >= 4 is 28.8 Å². The molecule has 0 nitrogen and oxygen atoms in total. The van der Waals surface area contributed by atoms with Crippen LogP contribution >= 0.6 is 23.2 Å². The molecule has 0 spiro atoms. The Kier molecular flexibility index (Phi) is 4.03. The van der Waals surface area contributed by atoms with Crippen LogP contribution in [0.3, 0.4) is 0 Å². The fourth-order valence-electron chi connectivity index (χ4n) is 2.39. The van der Waals surface area contributed by atoms with Crippen LogP contribution in [0.4, 0.5) is 4.39 Å². The molecule has 1 aromatic rings. The Balaban J connectivity index is 2.53. The lowest BCUT2D eigenvalue weighted by atomic mass is 9.71. The maximum atomic E-state index is 14.8. The van der Waals surface area contributed by atoms with Gasteiger partial charge in [-0.05, 0) is 23.1 Å². The van der Waals surface area contributed by atoms with Crippen molar-refractivity contribution in [1.82, 2.24) is 0 Å². The van der Waals surface area contributed by atoms with E-state index in [-0.39, 0.29) is 5.38 Å². The van der Waals surface area contributed by atoms with E-state index in [4.69, 9.17) is 23.2 Å². The topological polar surface area (TPSA) is 0 Å². The summed E-state index contributed by atoms with van der Waals surface area (Å²) in [6.45, 7) is 3.76. The number of benzene rings is 1. The molecule has 3 heteroatoms. The fourth-order valence-corrected chi connectivity index (χ4v) is 2.94. The van der Waals surface area contributed by atoms with E-state index in [2.05, 4.69) is 0 Å². The Bertz CT molecular complexity index is 451. The van der Waals surface area contributed by atoms with Crippen LogP contribution in [0.2, 0.25) is 0 Å². The molecule has 0 amide bonds.